The number of hydrogen-bond donors (Lipinski definition) is 3. The van der Waals surface area contributed by atoms with E-state index in [1.807, 2.05) is 0 Å². The number of hydrogen-bond acceptors (Lipinski definition) is 4. The summed E-state index contributed by atoms with van der Waals surface area (Å²) in [5.41, 5.74) is 1.79. The van der Waals surface area contributed by atoms with Gasteiger partial charge in [0.1, 0.15) is 0 Å². The van der Waals surface area contributed by atoms with E-state index in [4.69, 9.17) is 11.6 Å². The van der Waals surface area contributed by atoms with Crippen LogP contribution in [-0.2, 0) is 14.8 Å². The first-order chi connectivity index (χ1) is 12.2. The van der Waals surface area contributed by atoms with Gasteiger partial charge >= 0.3 is 0 Å². The maximum absolute atomic E-state index is 12.2. The Labute approximate surface area is 156 Å². The summed E-state index contributed by atoms with van der Waals surface area (Å²) in [6, 6.07) is 11.1. The Balaban J connectivity index is 1.97. The third-order valence-corrected chi connectivity index (χ3v) is 4.40. The Morgan fingerprint density at radius 2 is 1.81 bits per heavy atom. The van der Waals surface area contributed by atoms with Gasteiger partial charge in [-0.05, 0) is 42.8 Å². The fourth-order valence-electron chi connectivity index (χ4n) is 2.14. The summed E-state index contributed by atoms with van der Waals surface area (Å²) in [6.45, 7) is 1.53. The highest BCUT2D eigenvalue weighted by molar-refractivity contribution is 7.92. The van der Waals surface area contributed by atoms with Gasteiger partial charge in [0.25, 0.3) is 5.91 Å². The first-order valence-corrected chi connectivity index (χ1v) is 9.83. The third-order valence-electron chi connectivity index (χ3n) is 3.38. The molecule has 3 N–H and O–H groups in total. The molecule has 9 heteroatoms. The Morgan fingerprint density at radius 3 is 2.50 bits per heavy atom. The number of carbonyl (C=O) groups is 2. The van der Waals surface area contributed by atoms with Crippen molar-refractivity contribution >= 4 is 44.8 Å². The molecule has 0 unspecified atom stereocenters. The fourth-order valence-corrected chi connectivity index (χ4v) is 2.87. The van der Waals surface area contributed by atoms with Gasteiger partial charge in [-0.1, -0.05) is 23.7 Å². The molecule has 0 bridgehead atoms. The van der Waals surface area contributed by atoms with E-state index >= 15 is 0 Å². The standard InChI is InChI=1S/C17H18ClN3O4S/c1-11-14(18)7-4-8-15(11)20-16(22)10-19-17(23)12-5-3-6-13(9-12)21-26(2,24)25/h3-9,21H,10H2,1-2H3,(H,19,23)(H,20,22). The first-order valence-electron chi connectivity index (χ1n) is 7.57. The van der Waals surface area contributed by atoms with E-state index < -0.39 is 21.8 Å². The van der Waals surface area contributed by atoms with Gasteiger partial charge in [-0.2, -0.15) is 0 Å². The first kappa shape index (κ1) is 19.7. The van der Waals surface area contributed by atoms with Crippen LogP contribution < -0.4 is 15.4 Å². The molecule has 0 aromatic heterocycles. The van der Waals surface area contributed by atoms with Gasteiger partial charge < -0.3 is 10.6 Å². The Bertz CT molecular complexity index is 945. The molecular formula is C17H18ClN3O4S. The van der Waals surface area contributed by atoms with E-state index in [0.717, 1.165) is 11.8 Å². The maximum Gasteiger partial charge on any atom is 0.251 e. The lowest BCUT2D eigenvalue weighted by Gasteiger charge is -2.11. The lowest BCUT2D eigenvalue weighted by Crippen LogP contribution is -2.33. The SMILES string of the molecule is Cc1c(Cl)cccc1NC(=O)CNC(=O)c1cccc(NS(C)(=O)=O)c1. The minimum Gasteiger partial charge on any atom is -0.343 e. The maximum atomic E-state index is 12.2. The molecule has 0 fully saturated rings. The van der Waals surface area contributed by atoms with Crippen molar-refractivity contribution in [3.05, 3.63) is 58.6 Å². The van der Waals surface area contributed by atoms with E-state index in [1.54, 1.807) is 25.1 Å². The van der Waals surface area contributed by atoms with Crippen LogP contribution >= 0.6 is 11.6 Å². The van der Waals surface area contributed by atoms with Crippen molar-refractivity contribution in [1.29, 1.82) is 0 Å². The minimum absolute atomic E-state index is 0.227. The molecule has 0 aliphatic rings. The van der Waals surface area contributed by atoms with Crippen LogP contribution in [0.2, 0.25) is 5.02 Å². The summed E-state index contributed by atoms with van der Waals surface area (Å²) in [6.07, 6.45) is 1.02. The minimum atomic E-state index is -3.44. The molecule has 2 aromatic rings. The van der Waals surface area contributed by atoms with Crippen molar-refractivity contribution in [3.63, 3.8) is 0 Å². The molecule has 138 valence electrons. The number of sulfonamides is 1. The smallest absolute Gasteiger partial charge is 0.251 e. The van der Waals surface area contributed by atoms with Gasteiger partial charge in [0.15, 0.2) is 0 Å². The van der Waals surface area contributed by atoms with Crippen LogP contribution in [0, 0.1) is 6.92 Å². The second kappa shape index (κ2) is 8.20. The van der Waals surface area contributed by atoms with Gasteiger partial charge in [-0.25, -0.2) is 8.42 Å². The summed E-state index contributed by atoms with van der Waals surface area (Å²) in [7, 11) is -3.44. The van der Waals surface area contributed by atoms with Crippen LogP contribution in [0.25, 0.3) is 0 Å². The normalized spacial score (nSPS) is 10.9. The van der Waals surface area contributed by atoms with Crippen molar-refractivity contribution < 1.29 is 18.0 Å². The summed E-state index contributed by atoms with van der Waals surface area (Å²) < 4.78 is 24.8. The summed E-state index contributed by atoms with van der Waals surface area (Å²) in [5, 5.41) is 5.68. The molecule has 2 rings (SSSR count). The number of halogens is 1. The second-order valence-corrected chi connectivity index (χ2v) is 7.75. The van der Waals surface area contributed by atoms with Crippen LogP contribution in [0.15, 0.2) is 42.5 Å². The Hall–Kier alpha value is -2.58. The average molecular weight is 396 g/mol. The molecule has 0 aliphatic heterocycles. The molecule has 0 radical (unpaired) electrons. The topological polar surface area (TPSA) is 104 Å². The quantitative estimate of drug-likeness (QED) is 0.698. The van der Waals surface area contributed by atoms with Crippen molar-refractivity contribution in [2.24, 2.45) is 0 Å². The highest BCUT2D eigenvalue weighted by atomic mass is 35.5. The molecule has 0 heterocycles. The third kappa shape index (κ3) is 5.75. The second-order valence-electron chi connectivity index (χ2n) is 5.60. The zero-order chi connectivity index (χ0) is 19.3. The molecule has 2 amide bonds. The number of carbonyl (C=O) groups excluding carboxylic acids is 2. The molecule has 0 saturated carbocycles. The summed E-state index contributed by atoms with van der Waals surface area (Å²) in [4.78, 5) is 24.2. The highest BCUT2D eigenvalue weighted by Crippen LogP contribution is 2.22. The van der Waals surface area contributed by atoms with Crippen LogP contribution in [0.1, 0.15) is 15.9 Å². The van der Waals surface area contributed by atoms with Crippen molar-refractivity contribution in [2.45, 2.75) is 6.92 Å². The van der Waals surface area contributed by atoms with Crippen molar-refractivity contribution in [2.75, 3.05) is 22.8 Å². The van der Waals surface area contributed by atoms with E-state index in [1.165, 1.54) is 24.3 Å². The molecule has 0 atom stereocenters. The van der Waals surface area contributed by atoms with Crippen molar-refractivity contribution in [3.8, 4) is 0 Å². The highest BCUT2D eigenvalue weighted by Gasteiger charge is 2.11. The van der Waals surface area contributed by atoms with Crippen LogP contribution in [0.3, 0.4) is 0 Å². The van der Waals surface area contributed by atoms with E-state index in [9.17, 15) is 18.0 Å². The Kier molecular flexibility index (Phi) is 6.23. The van der Waals surface area contributed by atoms with Gasteiger partial charge in [0, 0.05) is 22.0 Å². The van der Waals surface area contributed by atoms with E-state index in [0.29, 0.717) is 10.7 Å². The summed E-state index contributed by atoms with van der Waals surface area (Å²) in [5.74, 6) is -0.908. The largest absolute Gasteiger partial charge is 0.343 e. The number of benzene rings is 2. The van der Waals surface area contributed by atoms with Crippen LogP contribution in [0.4, 0.5) is 11.4 Å². The van der Waals surface area contributed by atoms with Crippen LogP contribution in [-0.4, -0.2) is 33.0 Å². The number of nitrogens with one attached hydrogen (secondary N) is 3. The van der Waals surface area contributed by atoms with E-state index in [-0.39, 0.29) is 17.8 Å². The van der Waals surface area contributed by atoms with Gasteiger partial charge in [-0.15, -0.1) is 0 Å². The number of amides is 2. The number of rotatable bonds is 6. The van der Waals surface area contributed by atoms with Gasteiger partial charge in [0.05, 0.1) is 12.8 Å². The average Bonchev–Trinajstić information content (AvgIpc) is 2.55. The number of anilines is 2. The Morgan fingerprint density at radius 1 is 1.12 bits per heavy atom. The molecule has 7 nitrogen and oxygen atoms in total. The molecule has 26 heavy (non-hydrogen) atoms. The fraction of sp³-hybridized carbons (Fsp3) is 0.176. The van der Waals surface area contributed by atoms with Gasteiger partial charge in [0.2, 0.25) is 15.9 Å². The molecule has 0 saturated heterocycles. The monoisotopic (exact) mass is 395 g/mol. The molecule has 2 aromatic carbocycles. The zero-order valence-corrected chi connectivity index (χ0v) is 15.7. The predicted octanol–water partition coefficient (Wildman–Crippen LogP) is 2.39. The zero-order valence-electron chi connectivity index (χ0n) is 14.2. The van der Waals surface area contributed by atoms with Crippen LogP contribution in [0.5, 0.6) is 0 Å². The van der Waals surface area contributed by atoms with Gasteiger partial charge in [-0.3, -0.25) is 14.3 Å². The predicted molar refractivity (Wildman–Crippen MR) is 102 cm³/mol. The lowest BCUT2D eigenvalue weighted by atomic mass is 10.2. The molecule has 0 spiro atoms. The summed E-state index contributed by atoms with van der Waals surface area (Å²) >= 11 is 6.00. The molecule has 0 aliphatic carbocycles. The lowest BCUT2D eigenvalue weighted by molar-refractivity contribution is -0.115. The van der Waals surface area contributed by atoms with Crippen molar-refractivity contribution in [1.82, 2.24) is 5.32 Å². The van der Waals surface area contributed by atoms with E-state index in [2.05, 4.69) is 15.4 Å². The molecular weight excluding hydrogens is 378 g/mol.